The Morgan fingerprint density at radius 1 is 1.30 bits per heavy atom. The number of pyridine rings is 1. The number of hydrogen-bond acceptors (Lipinski definition) is 5. The van der Waals surface area contributed by atoms with Crippen molar-refractivity contribution in [1.29, 1.82) is 5.26 Å². The second kappa shape index (κ2) is 8.83. The summed E-state index contributed by atoms with van der Waals surface area (Å²) in [6.45, 7) is 2.10. The Kier molecular flexibility index (Phi) is 6.08. The predicted molar refractivity (Wildman–Crippen MR) is 112 cm³/mol. The minimum absolute atomic E-state index is 0.148. The van der Waals surface area contributed by atoms with Gasteiger partial charge in [-0.3, -0.25) is 4.79 Å². The molecule has 1 unspecified atom stereocenters. The van der Waals surface area contributed by atoms with E-state index in [1.807, 2.05) is 6.07 Å². The van der Waals surface area contributed by atoms with E-state index < -0.39 is 23.7 Å². The van der Waals surface area contributed by atoms with Crippen molar-refractivity contribution in [2.75, 3.05) is 6.54 Å². The predicted octanol–water partition coefficient (Wildman–Crippen LogP) is 4.82. The molecule has 7 nitrogen and oxygen atoms in total. The number of hydrogen-bond donors (Lipinski definition) is 0. The number of halogens is 4. The van der Waals surface area contributed by atoms with Crippen LogP contribution in [-0.2, 0) is 6.18 Å². The number of amides is 1. The molecular formula is C22H18ClF3N6O. The molecule has 33 heavy (non-hydrogen) atoms. The molecule has 0 saturated heterocycles. The Balaban J connectivity index is 1.69. The van der Waals surface area contributed by atoms with Crippen molar-refractivity contribution in [2.45, 2.75) is 32.0 Å². The molecule has 4 rings (SSSR count). The van der Waals surface area contributed by atoms with Crippen LogP contribution in [0.5, 0.6) is 0 Å². The molecule has 1 atom stereocenters. The average molecular weight is 475 g/mol. The Labute approximate surface area is 192 Å². The van der Waals surface area contributed by atoms with Crippen LogP contribution in [0.2, 0.25) is 5.02 Å². The van der Waals surface area contributed by atoms with E-state index in [1.165, 1.54) is 28.2 Å². The molecule has 0 aliphatic heterocycles. The van der Waals surface area contributed by atoms with Gasteiger partial charge in [0.05, 0.1) is 17.2 Å². The summed E-state index contributed by atoms with van der Waals surface area (Å²) in [7, 11) is 0. The van der Waals surface area contributed by atoms with Gasteiger partial charge < -0.3 is 4.90 Å². The molecule has 0 spiro atoms. The summed E-state index contributed by atoms with van der Waals surface area (Å²) in [6, 6.07) is 7.39. The third kappa shape index (κ3) is 4.98. The molecule has 0 N–H and O–H groups in total. The highest BCUT2D eigenvalue weighted by molar-refractivity contribution is 6.31. The number of aromatic nitrogens is 4. The van der Waals surface area contributed by atoms with Crippen LogP contribution in [0, 0.1) is 17.2 Å². The second-order valence-electron chi connectivity index (χ2n) is 7.85. The van der Waals surface area contributed by atoms with Crippen molar-refractivity contribution in [3.63, 3.8) is 0 Å². The van der Waals surface area contributed by atoms with Crippen molar-refractivity contribution in [2.24, 2.45) is 5.92 Å². The zero-order valence-corrected chi connectivity index (χ0v) is 18.2. The van der Waals surface area contributed by atoms with Gasteiger partial charge in [0.25, 0.3) is 5.91 Å². The summed E-state index contributed by atoms with van der Waals surface area (Å²) >= 11 is 5.90. The second-order valence-corrected chi connectivity index (χ2v) is 8.29. The van der Waals surface area contributed by atoms with Crippen LogP contribution in [0.25, 0.3) is 5.82 Å². The van der Waals surface area contributed by atoms with Crippen molar-refractivity contribution < 1.29 is 18.0 Å². The number of benzene rings is 1. The van der Waals surface area contributed by atoms with Gasteiger partial charge in [-0.15, -0.1) is 0 Å². The van der Waals surface area contributed by atoms with Gasteiger partial charge in [-0.2, -0.15) is 28.2 Å². The van der Waals surface area contributed by atoms with Crippen LogP contribution in [0.15, 0.2) is 42.9 Å². The van der Waals surface area contributed by atoms with Crippen LogP contribution in [0.1, 0.15) is 53.1 Å². The zero-order valence-electron chi connectivity index (χ0n) is 17.4. The van der Waals surface area contributed by atoms with Gasteiger partial charge in [-0.25, -0.2) is 9.97 Å². The number of rotatable bonds is 6. The summed E-state index contributed by atoms with van der Waals surface area (Å²) in [6.07, 6.45) is -0.0580. The topological polar surface area (TPSA) is 87.7 Å². The first-order valence-corrected chi connectivity index (χ1v) is 10.5. The quantitative estimate of drug-likeness (QED) is 0.511. The lowest BCUT2D eigenvalue weighted by atomic mass is 10.1. The summed E-state index contributed by atoms with van der Waals surface area (Å²) in [4.78, 5) is 23.4. The molecule has 1 amide bonds. The molecular weight excluding hydrogens is 457 g/mol. The minimum Gasteiger partial charge on any atom is -0.328 e. The van der Waals surface area contributed by atoms with Crippen LogP contribution in [0.4, 0.5) is 13.2 Å². The van der Waals surface area contributed by atoms with E-state index in [-0.39, 0.29) is 16.5 Å². The van der Waals surface area contributed by atoms with Crippen molar-refractivity contribution in [3.8, 4) is 11.9 Å². The first-order valence-electron chi connectivity index (χ1n) is 10.1. The summed E-state index contributed by atoms with van der Waals surface area (Å²) in [5.41, 5.74) is -0.757. The number of nitrogens with zero attached hydrogens (tertiary/aromatic N) is 6. The lowest BCUT2D eigenvalue weighted by Crippen LogP contribution is -2.36. The normalized spacial score (nSPS) is 14.5. The Morgan fingerprint density at radius 2 is 2.06 bits per heavy atom. The van der Waals surface area contributed by atoms with E-state index in [0.717, 1.165) is 25.0 Å². The van der Waals surface area contributed by atoms with E-state index in [0.29, 0.717) is 23.8 Å². The third-order valence-electron chi connectivity index (χ3n) is 5.39. The standard InChI is InChI=1S/C22H18ClF3N6O/c1-13(20-29-12-30-32(20)19-5-4-15(9-27)10-28-19)31(11-14-2-3-14)21(33)16-6-17(22(24,25)26)8-18(23)7-16/h4-8,10,12-14H,2-3,11H2,1H3. The highest BCUT2D eigenvalue weighted by atomic mass is 35.5. The lowest BCUT2D eigenvalue weighted by Gasteiger charge is -2.29. The molecule has 11 heteroatoms. The lowest BCUT2D eigenvalue weighted by molar-refractivity contribution is -0.137. The molecule has 0 radical (unpaired) electrons. The van der Waals surface area contributed by atoms with Crippen molar-refractivity contribution >= 4 is 17.5 Å². The molecule has 1 aliphatic rings. The van der Waals surface area contributed by atoms with Gasteiger partial charge in [-0.1, -0.05) is 11.6 Å². The molecule has 2 heterocycles. The maximum Gasteiger partial charge on any atom is 0.416 e. The Hall–Kier alpha value is -3.45. The molecule has 170 valence electrons. The maximum absolute atomic E-state index is 13.4. The maximum atomic E-state index is 13.4. The molecule has 0 bridgehead atoms. The van der Waals surface area contributed by atoms with Crippen molar-refractivity contribution in [3.05, 3.63) is 70.4 Å². The number of nitriles is 1. The highest BCUT2D eigenvalue weighted by Crippen LogP contribution is 2.35. The van der Waals surface area contributed by atoms with E-state index >= 15 is 0 Å². The van der Waals surface area contributed by atoms with Crippen LogP contribution >= 0.6 is 11.6 Å². The van der Waals surface area contributed by atoms with Gasteiger partial charge >= 0.3 is 6.18 Å². The fraction of sp³-hybridized carbons (Fsp3) is 0.318. The van der Waals surface area contributed by atoms with Crippen molar-refractivity contribution in [1.82, 2.24) is 24.6 Å². The monoisotopic (exact) mass is 474 g/mol. The van der Waals surface area contributed by atoms with E-state index in [2.05, 4.69) is 15.1 Å². The van der Waals surface area contributed by atoms with Gasteiger partial charge in [0.15, 0.2) is 11.6 Å². The van der Waals surface area contributed by atoms with Crippen LogP contribution in [0.3, 0.4) is 0 Å². The fourth-order valence-electron chi connectivity index (χ4n) is 3.47. The number of carbonyl (C=O) groups is 1. The Morgan fingerprint density at radius 3 is 2.67 bits per heavy atom. The van der Waals surface area contributed by atoms with E-state index in [4.69, 9.17) is 16.9 Å². The van der Waals surface area contributed by atoms with Crippen LogP contribution in [-0.4, -0.2) is 37.1 Å². The third-order valence-corrected chi connectivity index (χ3v) is 5.61. The van der Waals surface area contributed by atoms with Gasteiger partial charge in [0.2, 0.25) is 0 Å². The summed E-state index contributed by atoms with van der Waals surface area (Å²) in [5, 5.41) is 13.0. The smallest absolute Gasteiger partial charge is 0.328 e. The minimum atomic E-state index is -4.63. The average Bonchev–Trinajstić information content (AvgIpc) is 3.48. The summed E-state index contributed by atoms with van der Waals surface area (Å²) in [5.74, 6) is 0.473. The zero-order chi connectivity index (χ0) is 23.8. The first-order chi connectivity index (χ1) is 15.7. The first kappa shape index (κ1) is 22.7. The van der Waals surface area contributed by atoms with E-state index in [1.54, 1.807) is 19.1 Å². The van der Waals surface area contributed by atoms with Gasteiger partial charge in [0.1, 0.15) is 12.4 Å². The number of carbonyl (C=O) groups excluding carboxylic acids is 1. The van der Waals surface area contributed by atoms with Gasteiger partial charge in [0, 0.05) is 23.3 Å². The van der Waals surface area contributed by atoms with Crippen LogP contribution < -0.4 is 0 Å². The molecule has 1 fully saturated rings. The largest absolute Gasteiger partial charge is 0.416 e. The van der Waals surface area contributed by atoms with Gasteiger partial charge in [-0.05, 0) is 56.0 Å². The summed E-state index contributed by atoms with van der Waals surface area (Å²) < 4.78 is 41.3. The SMILES string of the molecule is CC(c1ncnn1-c1ccc(C#N)cn1)N(CC1CC1)C(=O)c1cc(Cl)cc(C(F)(F)F)c1. The molecule has 1 aromatic carbocycles. The Bertz CT molecular complexity index is 1210. The fourth-order valence-corrected chi connectivity index (χ4v) is 3.70. The number of alkyl halides is 3. The molecule has 3 aromatic rings. The molecule has 2 aromatic heterocycles. The molecule has 1 saturated carbocycles. The molecule has 1 aliphatic carbocycles. The highest BCUT2D eigenvalue weighted by Gasteiger charge is 2.35. The van der Waals surface area contributed by atoms with E-state index in [9.17, 15) is 18.0 Å².